The van der Waals surface area contributed by atoms with E-state index in [1.807, 2.05) is 43.5 Å². The first kappa shape index (κ1) is 15.7. The number of piperidine rings is 1. The van der Waals surface area contributed by atoms with Crippen molar-refractivity contribution in [1.82, 2.24) is 15.6 Å². The minimum absolute atomic E-state index is 0.0494. The second-order valence-electron chi connectivity index (χ2n) is 6.18. The topological polar surface area (TPSA) is 54.0 Å². The molecule has 0 aliphatic carbocycles. The minimum Gasteiger partial charge on any atom is -0.349 e. The quantitative estimate of drug-likeness (QED) is 0.913. The number of amides is 1. The number of hydrogen-bond donors (Lipinski definition) is 2. The fourth-order valence-electron chi connectivity index (χ4n) is 3.31. The van der Waals surface area contributed by atoms with E-state index in [1.54, 1.807) is 6.20 Å². The Labute approximate surface area is 137 Å². The van der Waals surface area contributed by atoms with Crippen LogP contribution in [0.3, 0.4) is 0 Å². The number of aromatic nitrogens is 1. The summed E-state index contributed by atoms with van der Waals surface area (Å²) in [6.45, 7) is 3.74. The Bertz CT molecular complexity index is 636. The zero-order chi connectivity index (χ0) is 16.1. The van der Waals surface area contributed by atoms with E-state index in [9.17, 15) is 4.79 Å². The van der Waals surface area contributed by atoms with Gasteiger partial charge in [0.05, 0.1) is 11.5 Å². The monoisotopic (exact) mass is 309 g/mol. The van der Waals surface area contributed by atoms with Gasteiger partial charge in [0.25, 0.3) is 0 Å². The van der Waals surface area contributed by atoms with E-state index in [0.29, 0.717) is 0 Å². The van der Waals surface area contributed by atoms with E-state index in [0.717, 1.165) is 37.1 Å². The molecule has 23 heavy (non-hydrogen) atoms. The second kappa shape index (κ2) is 6.92. The molecule has 0 radical (unpaired) electrons. The molecule has 1 aromatic carbocycles. The molecular weight excluding hydrogens is 286 g/mol. The maximum absolute atomic E-state index is 13.1. The zero-order valence-electron chi connectivity index (χ0n) is 13.5. The normalized spacial score (nSPS) is 18.1. The van der Waals surface area contributed by atoms with E-state index in [4.69, 9.17) is 0 Å². The Balaban J connectivity index is 1.84. The van der Waals surface area contributed by atoms with E-state index in [-0.39, 0.29) is 11.9 Å². The van der Waals surface area contributed by atoms with Crippen LogP contribution >= 0.6 is 0 Å². The molecule has 1 aromatic heterocycles. The van der Waals surface area contributed by atoms with Crippen molar-refractivity contribution < 1.29 is 4.79 Å². The van der Waals surface area contributed by atoms with Crippen molar-refractivity contribution in [3.8, 4) is 0 Å². The SMILES string of the molecule is CC(NC(=O)C1(c2ccccc2)CCNCC1)c1cccnc1. The Morgan fingerprint density at radius 3 is 2.57 bits per heavy atom. The highest BCUT2D eigenvalue weighted by molar-refractivity contribution is 5.88. The van der Waals surface area contributed by atoms with Gasteiger partial charge in [0.2, 0.25) is 5.91 Å². The Morgan fingerprint density at radius 2 is 1.91 bits per heavy atom. The van der Waals surface area contributed by atoms with Gasteiger partial charge in [0, 0.05) is 12.4 Å². The van der Waals surface area contributed by atoms with Gasteiger partial charge in [0.15, 0.2) is 0 Å². The molecule has 1 aliphatic heterocycles. The number of hydrogen-bond acceptors (Lipinski definition) is 3. The Kier molecular flexibility index (Phi) is 4.72. The van der Waals surface area contributed by atoms with Crippen LogP contribution in [0.4, 0.5) is 0 Å². The first-order valence-corrected chi connectivity index (χ1v) is 8.19. The lowest BCUT2D eigenvalue weighted by Crippen LogP contribution is -2.51. The van der Waals surface area contributed by atoms with Crippen molar-refractivity contribution in [3.63, 3.8) is 0 Å². The summed E-state index contributed by atoms with van der Waals surface area (Å²) in [7, 11) is 0. The van der Waals surface area contributed by atoms with Crippen molar-refractivity contribution in [2.75, 3.05) is 13.1 Å². The smallest absolute Gasteiger partial charge is 0.231 e. The lowest BCUT2D eigenvalue weighted by Gasteiger charge is -2.37. The summed E-state index contributed by atoms with van der Waals surface area (Å²) in [4.78, 5) is 17.3. The average molecular weight is 309 g/mol. The predicted molar refractivity (Wildman–Crippen MR) is 91.0 cm³/mol. The summed E-state index contributed by atoms with van der Waals surface area (Å²) in [5.74, 6) is 0.113. The molecule has 3 rings (SSSR count). The summed E-state index contributed by atoms with van der Waals surface area (Å²) >= 11 is 0. The van der Waals surface area contributed by atoms with Crippen LogP contribution in [0.25, 0.3) is 0 Å². The molecular formula is C19H23N3O. The number of carbonyl (C=O) groups excluding carboxylic acids is 1. The summed E-state index contributed by atoms with van der Waals surface area (Å²) in [6, 6.07) is 14.0. The van der Waals surface area contributed by atoms with Crippen LogP contribution in [0.5, 0.6) is 0 Å². The predicted octanol–water partition coefficient (Wildman–Crippen LogP) is 2.58. The molecule has 4 heteroatoms. The molecule has 120 valence electrons. The lowest BCUT2D eigenvalue weighted by atomic mass is 9.72. The van der Waals surface area contributed by atoms with Crippen LogP contribution in [0.1, 0.15) is 36.9 Å². The van der Waals surface area contributed by atoms with E-state index in [1.165, 1.54) is 0 Å². The molecule has 2 heterocycles. The van der Waals surface area contributed by atoms with Gasteiger partial charge in [-0.3, -0.25) is 9.78 Å². The van der Waals surface area contributed by atoms with Gasteiger partial charge >= 0.3 is 0 Å². The van der Waals surface area contributed by atoms with Crippen LogP contribution in [0, 0.1) is 0 Å². The number of nitrogens with one attached hydrogen (secondary N) is 2. The minimum atomic E-state index is -0.441. The molecule has 1 fully saturated rings. The molecule has 0 bridgehead atoms. The van der Waals surface area contributed by atoms with Gasteiger partial charge < -0.3 is 10.6 Å². The Morgan fingerprint density at radius 1 is 1.17 bits per heavy atom. The molecule has 1 amide bonds. The average Bonchev–Trinajstić information content (AvgIpc) is 2.63. The summed E-state index contributed by atoms with van der Waals surface area (Å²) in [5.41, 5.74) is 1.69. The fraction of sp³-hybridized carbons (Fsp3) is 0.368. The Hall–Kier alpha value is -2.20. The number of rotatable bonds is 4. The first-order chi connectivity index (χ1) is 11.2. The molecule has 0 spiro atoms. The third kappa shape index (κ3) is 3.27. The summed E-state index contributed by atoms with van der Waals surface area (Å²) in [6.07, 6.45) is 5.20. The van der Waals surface area contributed by atoms with Gasteiger partial charge in [0.1, 0.15) is 0 Å². The van der Waals surface area contributed by atoms with Crippen molar-refractivity contribution in [3.05, 3.63) is 66.0 Å². The number of benzene rings is 1. The van der Waals surface area contributed by atoms with Gasteiger partial charge in [-0.1, -0.05) is 36.4 Å². The van der Waals surface area contributed by atoms with Gasteiger partial charge in [-0.2, -0.15) is 0 Å². The highest BCUT2D eigenvalue weighted by Gasteiger charge is 2.41. The summed E-state index contributed by atoms with van der Waals surface area (Å²) < 4.78 is 0. The molecule has 1 atom stereocenters. The van der Waals surface area contributed by atoms with Crippen LogP contribution in [-0.4, -0.2) is 24.0 Å². The fourth-order valence-corrected chi connectivity index (χ4v) is 3.31. The van der Waals surface area contributed by atoms with Crippen molar-refractivity contribution in [1.29, 1.82) is 0 Å². The zero-order valence-corrected chi connectivity index (χ0v) is 13.5. The highest BCUT2D eigenvalue weighted by Crippen LogP contribution is 2.34. The van der Waals surface area contributed by atoms with Crippen LogP contribution in [-0.2, 0) is 10.2 Å². The third-order valence-electron chi connectivity index (χ3n) is 4.75. The van der Waals surface area contributed by atoms with Gasteiger partial charge in [-0.15, -0.1) is 0 Å². The number of pyridine rings is 1. The highest BCUT2D eigenvalue weighted by atomic mass is 16.2. The van der Waals surface area contributed by atoms with Crippen molar-refractivity contribution in [2.45, 2.75) is 31.2 Å². The number of carbonyl (C=O) groups is 1. The van der Waals surface area contributed by atoms with Gasteiger partial charge in [-0.25, -0.2) is 0 Å². The van der Waals surface area contributed by atoms with Gasteiger partial charge in [-0.05, 0) is 50.0 Å². The van der Waals surface area contributed by atoms with Crippen LogP contribution < -0.4 is 10.6 Å². The summed E-state index contributed by atoms with van der Waals surface area (Å²) in [5, 5.41) is 6.56. The standard InChI is InChI=1S/C19H23N3O/c1-15(16-6-5-11-21-14-16)22-18(23)19(9-12-20-13-10-19)17-7-3-2-4-8-17/h2-8,11,14-15,20H,9-10,12-13H2,1H3,(H,22,23). The van der Waals surface area contributed by atoms with Crippen LogP contribution in [0.2, 0.25) is 0 Å². The third-order valence-corrected chi connectivity index (χ3v) is 4.75. The molecule has 0 saturated carbocycles. The molecule has 2 N–H and O–H groups in total. The van der Waals surface area contributed by atoms with Crippen LogP contribution in [0.15, 0.2) is 54.9 Å². The first-order valence-electron chi connectivity index (χ1n) is 8.19. The van der Waals surface area contributed by atoms with E-state index < -0.39 is 5.41 Å². The maximum atomic E-state index is 13.1. The maximum Gasteiger partial charge on any atom is 0.231 e. The van der Waals surface area contributed by atoms with E-state index in [2.05, 4.69) is 27.8 Å². The molecule has 4 nitrogen and oxygen atoms in total. The molecule has 1 unspecified atom stereocenters. The van der Waals surface area contributed by atoms with Crippen molar-refractivity contribution >= 4 is 5.91 Å². The van der Waals surface area contributed by atoms with E-state index >= 15 is 0 Å². The van der Waals surface area contributed by atoms with Crippen molar-refractivity contribution in [2.24, 2.45) is 0 Å². The molecule has 1 aliphatic rings. The molecule has 1 saturated heterocycles. The lowest BCUT2D eigenvalue weighted by molar-refractivity contribution is -0.128. The second-order valence-corrected chi connectivity index (χ2v) is 6.18. The largest absolute Gasteiger partial charge is 0.349 e. The molecule has 2 aromatic rings. The number of nitrogens with zero attached hydrogens (tertiary/aromatic N) is 1.